The average molecular weight is 355 g/mol. The number of furan rings is 1. The van der Waals surface area contributed by atoms with E-state index in [1.165, 1.54) is 14.7 Å². The van der Waals surface area contributed by atoms with Crippen LogP contribution in [0.3, 0.4) is 0 Å². The van der Waals surface area contributed by atoms with Gasteiger partial charge in [-0.25, -0.2) is 0 Å². The Morgan fingerprint density at radius 2 is 2.00 bits per heavy atom. The van der Waals surface area contributed by atoms with E-state index in [9.17, 15) is 0 Å². The van der Waals surface area contributed by atoms with Gasteiger partial charge in [0.15, 0.2) is 0 Å². The maximum Gasteiger partial charge on any atom is 0.125 e. The highest BCUT2D eigenvalue weighted by molar-refractivity contribution is 14.1. The van der Waals surface area contributed by atoms with Crippen LogP contribution in [0.4, 0.5) is 0 Å². The zero-order valence-electron chi connectivity index (χ0n) is 11.0. The Labute approximate surface area is 122 Å². The summed E-state index contributed by atoms with van der Waals surface area (Å²) in [4.78, 5) is 0. The van der Waals surface area contributed by atoms with Gasteiger partial charge in [0.2, 0.25) is 0 Å². The van der Waals surface area contributed by atoms with E-state index in [1.807, 2.05) is 6.92 Å². The van der Waals surface area contributed by atoms with Crippen LogP contribution in [-0.4, -0.2) is 6.54 Å². The first-order valence-electron chi connectivity index (χ1n) is 6.18. The number of rotatable bonds is 4. The number of hydrogen-bond donors (Lipinski definition) is 1. The molecule has 2 aromatic rings. The second kappa shape index (κ2) is 5.89. The van der Waals surface area contributed by atoms with E-state index in [4.69, 9.17) is 4.42 Å². The van der Waals surface area contributed by atoms with Gasteiger partial charge in [0.05, 0.1) is 6.04 Å². The molecule has 0 aliphatic rings. The molecule has 1 aromatic carbocycles. The van der Waals surface area contributed by atoms with Crippen LogP contribution in [0, 0.1) is 17.4 Å². The molecule has 1 atom stereocenters. The zero-order valence-corrected chi connectivity index (χ0v) is 13.1. The quantitative estimate of drug-likeness (QED) is 0.832. The Morgan fingerprint density at radius 3 is 2.56 bits per heavy atom. The first-order chi connectivity index (χ1) is 8.63. The predicted octanol–water partition coefficient (Wildman–Crippen LogP) is 4.20. The van der Waals surface area contributed by atoms with Crippen LogP contribution in [0.25, 0.3) is 0 Å². The normalized spacial score (nSPS) is 12.7. The van der Waals surface area contributed by atoms with Gasteiger partial charge in [-0.3, -0.25) is 0 Å². The van der Waals surface area contributed by atoms with Crippen molar-refractivity contribution in [1.29, 1.82) is 0 Å². The summed E-state index contributed by atoms with van der Waals surface area (Å²) in [6.07, 6.45) is 0. The van der Waals surface area contributed by atoms with E-state index in [-0.39, 0.29) is 6.04 Å². The number of benzene rings is 1. The number of halogens is 1. The Morgan fingerprint density at radius 1 is 1.28 bits per heavy atom. The van der Waals surface area contributed by atoms with Gasteiger partial charge >= 0.3 is 0 Å². The molecule has 0 saturated carbocycles. The molecule has 96 valence electrons. The molecule has 3 heteroatoms. The summed E-state index contributed by atoms with van der Waals surface area (Å²) in [5.74, 6) is 2.00. The topological polar surface area (TPSA) is 25.2 Å². The van der Waals surface area contributed by atoms with Crippen LogP contribution in [0.5, 0.6) is 0 Å². The molecule has 0 aliphatic carbocycles. The van der Waals surface area contributed by atoms with E-state index in [0.717, 1.165) is 18.1 Å². The smallest absolute Gasteiger partial charge is 0.125 e. The second-order valence-corrected chi connectivity index (χ2v) is 5.56. The zero-order chi connectivity index (χ0) is 13.1. The number of hydrogen-bond acceptors (Lipinski definition) is 2. The van der Waals surface area contributed by atoms with Crippen molar-refractivity contribution in [1.82, 2.24) is 5.32 Å². The lowest BCUT2D eigenvalue weighted by atomic mass is 10.0. The second-order valence-electron chi connectivity index (χ2n) is 4.40. The minimum absolute atomic E-state index is 0.135. The number of aryl methyl sites for hydroxylation is 2. The molecule has 1 aromatic heterocycles. The molecular formula is C15H18INO. The first-order valence-corrected chi connectivity index (χ1v) is 7.26. The third kappa shape index (κ3) is 2.78. The molecule has 0 bridgehead atoms. The third-order valence-electron chi connectivity index (χ3n) is 3.09. The van der Waals surface area contributed by atoms with Gasteiger partial charge in [-0.2, -0.15) is 0 Å². The van der Waals surface area contributed by atoms with Crippen molar-refractivity contribution in [3.8, 4) is 0 Å². The molecular weight excluding hydrogens is 337 g/mol. The molecule has 0 amide bonds. The summed E-state index contributed by atoms with van der Waals surface area (Å²) in [6.45, 7) is 7.12. The van der Waals surface area contributed by atoms with E-state index in [0.29, 0.717) is 0 Å². The highest BCUT2D eigenvalue weighted by atomic mass is 127. The molecule has 2 nitrogen and oxygen atoms in total. The van der Waals surface area contributed by atoms with Crippen LogP contribution in [0.15, 0.2) is 34.7 Å². The SMILES string of the molecule is CCNC(c1cc(C)c(C)o1)c1ccccc1I. The predicted molar refractivity (Wildman–Crippen MR) is 82.9 cm³/mol. The van der Waals surface area contributed by atoms with Crippen LogP contribution in [0.1, 0.15) is 35.6 Å². The van der Waals surface area contributed by atoms with Crippen LogP contribution in [-0.2, 0) is 0 Å². The molecule has 2 rings (SSSR count). The highest BCUT2D eigenvalue weighted by Crippen LogP contribution is 2.28. The molecule has 1 N–H and O–H groups in total. The maximum absolute atomic E-state index is 5.87. The lowest BCUT2D eigenvalue weighted by molar-refractivity contribution is 0.433. The van der Waals surface area contributed by atoms with Crippen molar-refractivity contribution in [2.45, 2.75) is 26.8 Å². The molecule has 0 spiro atoms. The standard InChI is InChI=1S/C15H18INO/c1-4-17-15(12-7-5-6-8-13(12)16)14-9-10(2)11(3)18-14/h5-9,15,17H,4H2,1-3H3. The Bertz CT molecular complexity index is 514. The summed E-state index contributed by atoms with van der Waals surface area (Å²) in [5, 5.41) is 3.50. The molecule has 1 heterocycles. The van der Waals surface area contributed by atoms with Crippen molar-refractivity contribution in [2.75, 3.05) is 6.54 Å². The van der Waals surface area contributed by atoms with Crippen LogP contribution >= 0.6 is 22.6 Å². The fourth-order valence-electron chi connectivity index (χ4n) is 2.02. The molecule has 0 aliphatic heterocycles. The van der Waals surface area contributed by atoms with Crippen LogP contribution in [0.2, 0.25) is 0 Å². The van der Waals surface area contributed by atoms with Crippen molar-refractivity contribution in [3.05, 3.63) is 56.5 Å². The monoisotopic (exact) mass is 355 g/mol. The van der Waals surface area contributed by atoms with E-state index < -0.39 is 0 Å². The van der Waals surface area contributed by atoms with Gasteiger partial charge in [-0.1, -0.05) is 25.1 Å². The van der Waals surface area contributed by atoms with Gasteiger partial charge in [-0.15, -0.1) is 0 Å². The van der Waals surface area contributed by atoms with Crippen molar-refractivity contribution in [3.63, 3.8) is 0 Å². The Kier molecular flexibility index (Phi) is 4.45. The van der Waals surface area contributed by atoms with Crippen LogP contribution < -0.4 is 5.32 Å². The van der Waals surface area contributed by atoms with E-state index in [2.05, 4.69) is 72.1 Å². The average Bonchev–Trinajstić information content (AvgIpc) is 2.68. The van der Waals surface area contributed by atoms with Gasteiger partial charge in [-0.05, 0) is 66.2 Å². The lowest BCUT2D eigenvalue weighted by Crippen LogP contribution is -2.22. The summed E-state index contributed by atoms with van der Waals surface area (Å²) in [6, 6.07) is 10.7. The Balaban J connectivity index is 2.43. The summed E-state index contributed by atoms with van der Waals surface area (Å²) < 4.78 is 7.13. The largest absolute Gasteiger partial charge is 0.464 e. The molecule has 0 saturated heterocycles. The van der Waals surface area contributed by atoms with E-state index >= 15 is 0 Å². The Hall–Kier alpha value is -0.810. The van der Waals surface area contributed by atoms with Gasteiger partial charge in [0.1, 0.15) is 11.5 Å². The van der Waals surface area contributed by atoms with Gasteiger partial charge < -0.3 is 9.73 Å². The fourth-order valence-corrected chi connectivity index (χ4v) is 2.72. The van der Waals surface area contributed by atoms with Gasteiger partial charge in [0, 0.05) is 3.57 Å². The summed E-state index contributed by atoms with van der Waals surface area (Å²) >= 11 is 2.38. The molecule has 0 radical (unpaired) electrons. The third-order valence-corrected chi connectivity index (χ3v) is 4.08. The summed E-state index contributed by atoms with van der Waals surface area (Å²) in [7, 11) is 0. The van der Waals surface area contributed by atoms with Crippen molar-refractivity contribution < 1.29 is 4.42 Å². The lowest BCUT2D eigenvalue weighted by Gasteiger charge is -2.17. The number of nitrogens with one attached hydrogen (secondary N) is 1. The minimum Gasteiger partial charge on any atom is -0.464 e. The van der Waals surface area contributed by atoms with Crippen molar-refractivity contribution >= 4 is 22.6 Å². The maximum atomic E-state index is 5.87. The van der Waals surface area contributed by atoms with Gasteiger partial charge in [0.25, 0.3) is 0 Å². The minimum atomic E-state index is 0.135. The van der Waals surface area contributed by atoms with E-state index in [1.54, 1.807) is 0 Å². The molecule has 18 heavy (non-hydrogen) atoms. The first kappa shape index (κ1) is 13.6. The highest BCUT2D eigenvalue weighted by Gasteiger charge is 2.19. The summed E-state index contributed by atoms with van der Waals surface area (Å²) in [5.41, 5.74) is 2.48. The molecule has 1 unspecified atom stereocenters. The van der Waals surface area contributed by atoms with Crippen molar-refractivity contribution in [2.24, 2.45) is 0 Å². The molecule has 0 fully saturated rings. The fraction of sp³-hybridized carbons (Fsp3) is 0.333.